The Hall–Kier alpha value is -3.41. The molecule has 0 aliphatic heterocycles. The quantitative estimate of drug-likeness (QED) is 0.502. The van der Waals surface area contributed by atoms with Gasteiger partial charge in [0.2, 0.25) is 5.91 Å². The van der Waals surface area contributed by atoms with E-state index in [0.717, 1.165) is 36.1 Å². The number of benzene rings is 2. The zero-order chi connectivity index (χ0) is 23.4. The molecular formula is C27H29FN2O3. The van der Waals surface area contributed by atoms with Gasteiger partial charge in [0.15, 0.2) is 0 Å². The molecule has 1 N–H and O–H groups in total. The summed E-state index contributed by atoms with van der Waals surface area (Å²) in [6, 6.07) is 15.3. The summed E-state index contributed by atoms with van der Waals surface area (Å²) >= 11 is 0. The van der Waals surface area contributed by atoms with Crippen molar-refractivity contribution in [3.05, 3.63) is 89.1 Å². The monoisotopic (exact) mass is 448 g/mol. The lowest BCUT2D eigenvalue weighted by molar-refractivity contribution is -0.129. The van der Waals surface area contributed by atoms with Gasteiger partial charge in [-0.15, -0.1) is 0 Å². The lowest BCUT2D eigenvalue weighted by Gasteiger charge is -2.45. The van der Waals surface area contributed by atoms with Gasteiger partial charge in [-0.25, -0.2) is 4.39 Å². The Morgan fingerprint density at radius 1 is 0.970 bits per heavy atom. The maximum atomic E-state index is 14.7. The van der Waals surface area contributed by atoms with Crippen LogP contribution in [0.15, 0.2) is 65.3 Å². The molecule has 2 aromatic carbocycles. The summed E-state index contributed by atoms with van der Waals surface area (Å²) in [5, 5.41) is 3.11. The van der Waals surface area contributed by atoms with Crippen LogP contribution >= 0.6 is 0 Å². The highest BCUT2D eigenvalue weighted by atomic mass is 19.1. The first kappa shape index (κ1) is 22.8. The summed E-state index contributed by atoms with van der Waals surface area (Å²) in [5.41, 5.74) is 1.50. The number of halogens is 1. The summed E-state index contributed by atoms with van der Waals surface area (Å²) in [7, 11) is 0. The SMILES string of the molecule is Cc1cccc(C)c1NC(=O)C1(N(Cc2ccco2)C(=O)c2ccccc2F)CCCCC1. The average molecular weight is 449 g/mol. The third-order valence-corrected chi connectivity index (χ3v) is 6.58. The number of furan rings is 1. The molecule has 0 unspecified atom stereocenters. The van der Waals surface area contributed by atoms with E-state index in [4.69, 9.17) is 4.42 Å². The lowest BCUT2D eigenvalue weighted by Crippen LogP contribution is -2.59. The van der Waals surface area contributed by atoms with Gasteiger partial charge in [-0.2, -0.15) is 0 Å². The molecule has 0 bridgehead atoms. The molecule has 2 amide bonds. The van der Waals surface area contributed by atoms with Crippen LogP contribution in [0.5, 0.6) is 0 Å². The van der Waals surface area contributed by atoms with E-state index in [0.29, 0.717) is 18.6 Å². The maximum Gasteiger partial charge on any atom is 0.258 e. The predicted molar refractivity (Wildman–Crippen MR) is 125 cm³/mol. The molecule has 0 atom stereocenters. The van der Waals surface area contributed by atoms with Crippen molar-refractivity contribution in [1.82, 2.24) is 4.90 Å². The molecule has 0 saturated heterocycles. The second kappa shape index (κ2) is 9.61. The van der Waals surface area contributed by atoms with Gasteiger partial charge in [0.1, 0.15) is 17.1 Å². The fourth-order valence-corrected chi connectivity index (χ4v) is 4.75. The van der Waals surface area contributed by atoms with Crippen molar-refractivity contribution in [2.45, 2.75) is 58.0 Å². The van der Waals surface area contributed by atoms with Crippen LogP contribution in [-0.2, 0) is 11.3 Å². The van der Waals surface area contributed by atoms with E-state index >= 15 is 0 Å². The minimum atomic E-state index is -1.11. The summed E-state index contributed by atoms with van der Waals surface area (Å²) in [6.45, 7) is 3.98. The number of aryl methyl sites for hydroxylation is 2. The first-order chi connectivity index (χ1) is 15.9. The maximum absolute atomic E-state index is 14.7. The first-order valence-corrected chi connectivity index (χ1v) is 11.4. The van der Waals surface area contributed by atoms with E-state index in [1.807, 2.05) is 32.0 Å². The van der Waals surface area contributed by atoms with E-state index in [2.05, 4.69) is 5.32 Å². The predicted octanol–water partition coefficient (Wildman–Crippen LogP) is 6.02. The van der Waals surface area contributed by atoms with Crippen LogP contribution in [0.4, 0.5) is 10.1 Å². The molecule has 172 valence electrons. The lowest BCUT2D eigenvalue weighted by atomic mass is 9.78. The Balaban J connectivity index is 1.78. The minimum Gasteiger partial charge on any atom is -0.467 e. The normalized spacial score (nSPS) is 15.1. The van der Waals surface area contributed by atoms with Gasteiger partial charge in [0.05, 0.1) is 18.4 Å². The number of hydrogen-bond donors (Lipinski definition) is 1. The number of hydrogen-bond acceptors (Lipinski definition) is 3. The number of nitrogens with one attached hydrogen (secondary N) is 1. The van der Waals surface area contributed by atoms with E-state index in [-0.39, 0.29) is 18.0 Å². The second-order valence-corrected chi connectivity index (χ2v) is 8.76. The van der Waals surface area contributed by atoms with Crippen LogP contribution in [0.1, 0.15) is 59.3 Å². The van der Waals surface area contributed by atoms with E-state index < -0.39 is 17.3 Å². The molecule has 33 heavy (non-hydrogen) atoms. The Morgan fingerprint density at radius 3 is 2.30 bits per heavy atom. The molecule has 0 radical (unpaired) electrons. The molecule has 5 nitrogen and oxygen atoms in total. The molecule has 6 heteroatoms. The Kier molecular flexibility index (Phi) is 6.63. The fraction of sp³-hybridized carbons (Fsp3) is 0.333. The van der Waals surface area contributed by atoms with Crippen molar-refractivity contribution in [2.24, 2.45) is 0 Å². The number of rotatable bonds is 6. The van der Waals surface area contributed by atoms with Crippen LogP contribution in [-0.4, -0.2) is 22.3 Å². The third-order valence-electron chi connectivity index (χ3n) is 6.58. The van der Waals surface area contributed by atoms with Crippen molar-refractivity contribution in [1.29, 1.82) is 0 Å². The van der Waals surface area contributed by atoms with Crippen molar-refractivity contribution < 1.29 is 18.4 Å². The highest BCUT2D eigenvalue weighted by Crippen LogP contribution is 2.38. The van der Waals surface area contributed by atoms with Gasteiger partial charge in [0.25, 0.3) is 5.91 Å². The molecular weight excluding hydrogens is 419 g/mol. The van der Waals surface area contributed by atoms with Crippen LogP contribution in [0.2, 0.25) is 0 Å². The molecule has 1 heterocycles. The van der Waals surface area contributed by atoms with Gasteiger partial charge in [0, 0.05) is 5.69 Å². The van der Waals surface area contributed by atoms with Crippen molar-refractivity contribution in [2.75, 3.05) is 5.32 Å². The van der Waals surface area contributed by atoms with Crippen molar-refractivity contribution in [3.8, 4) is 0 Å². The molecule has 1 aliphatic carbocycles. The third kappa shape index (κ3) is 4.56. The van der Waals surface area contributed by atoms with Gasteiger partial charge < -0.3 is 14.6 Å². The average Bonchev–Trinajstić information content (AvgIpc) is 3.33. The zero-order valence-corrected chi connectivity index (χ0v) is 19.1. The topological polar surface area (TPSA) is 62.6 Å². The van der Waals surface area contributed by atoms with Gasteiger partial charge >= 0.3 is 0 Å². The fourth-order valence-electron chi connectivity index (χ4n) is 4.75. The number of carbonyl (C=O) groups excluding carboxylic acids is 2. The zero-order valence-electron chi connectivity index (χ0n) is 19.1. The molecule has 0 spiro atoms. The molecule has 1 fully saturated rings. The highest BCUT2D eigenvalue weighted by Gasteiger charge is 2.48. The summed E-state index contributed by atoms with van der Waals surface area (Å²) in [5.74, 6) is -0.809. The van der Waals surface area contributed by atoms with E-state index in [1.54, 1.807) is 24.3 Å². The summed E-state index contributed by atoms with van der Waals surface area (Å²) in [4.78, 5) is 29.2. The highest BCUT2D eigenvalue weighted by molar-refractivity contribution is 6.04. The second-order valence-electron chi connectivity index (χ2n) is 8.76. The smallest absolute Gasteiger partial charge is 0.258 e. The van der Waals surface area contributed by atoms with E-state index in [1.165, 1.54) is 23.3 Å². The van der Waals surface area contributed by atoms with Gasteiger partial charge in [-0.3, -0.25) is 9.59 Å². The standard InChI is InChI=1S/C27H29FN2O3/c1-19-10-8-11-20(2)24(19)29-26(32)27(15-6-3-7-16-27)30(18-21-12-9-17-33-21)25(31)22-13-4-5-14-23(22)28/h4-5,8-14,17H,3,6-7,15-16,18H2,1-2H3,(H,29,32). The minimum absolute atomic E-state index is 0.0473. The number of nitrogens with zero attached hydrogens (tertiary/aromatic N) is 1. The van der Waals surface area contributed by atoms with Crippen molar-refractivity contribution >= 4 is 17.5 Å². The number of para-hydroxylation sites is 1. The Morgan fingerprint density at radius 2 is 1.67 bits per heavy atom. The number of carbonyl (C=O) groups is 2. The molecule has 4 rings (SSSR count). The van der Waals surface area contributed by atoms with Crippen LogP contribution < -0.4 is 5.32 Å². The van der Waals surface area contributed by atoms with Crippen LogP contribution in [0, 0.1) is 19.7 Å². The Labute approximate surface area is 193 Å². The number of anilines is 1. The van der Waals surface area contributed by atoms with Gasteiger partial charge in [-0.1, -0.05) is 49.6 Å². The van der Waals surface area contributed by atoms with Crippen LogP contribution in [0.25, 0.3) is 0 Å². The molecule has 1 aromatic heterocycles. The molecule has 1 aliphatic rings. The number of amides is 2. The Bertz CT molecular complexity index is 1110. The summed E-state index contributed by atoms with van der Waals surface area (Å²) < 4.78 is 20.2. The largest absolute Gasteiger partial charge is 0.467 e. The van der Waals surface area contributed by atoms with E-state index in [9.17, 15) is 14.0 Å². The molecule has 3 aromatic rings. The summed E-state index contributed by atoms with van der Waals surface area (Å²) in [6.07, 6.45) is 5.14. The van der Waals surface area contributed by atoms with Gasteiger partial charge in [-0.05, 0) is 62.1 Å². The van der Waals surface area contributed by atoms with Crippen molar-refractivity contribution in [3.63, 3.8) is 0 Å². The first-order valence-electron chi connectivity index (χ1n) is 11.4. The van der Waals surface area contributed by atoms with Crippen LogP contribution in [0.3, 0.4) is 0 Å². The molecule has 1 saturated carbocycles.